The van der Waals surface area contributed by atoms with Crippen LogP contribution in [0.5, 0.6) is 0 Å². The average Bonchev–Trinajstić information content (AvgIpc) is 2.65. The molecule has 1 heterocycles. The summed E-state index contributed by atoms with van der Waals surface area (Å²) in [6, 6.07) is 7.95. The summed E-state index contributed by atoms with van der Waals surface area (Å²) in [6.45, 7) is 4.57. The Kier molecular flexibility index (Phi) is 2.68. The van der Waals surface area contributed by atoms with Crippen LogP contribution >= 0.6 is 0 Å². The van der Waals surface area contributed by atoms with Crippen LogP contribution in [0.4, 0.5) is 0 Å². The molecule has 0 N–H and O–H groups in total. The minimum absolute atomic E-state index is 0.759. The van der Waals surface area contributed by atoms with Crippen LogP contribution in [0.3, 0.4) is 0 Å². The Bertz CT molecular complexity index is 496. The van der Waals surface area contributed by atoms with Crippen molar-refractivity contribution in [1.29, 1.82) is 0 Å². The average molecular weight is 199 g/mol. The molecule has 0 aliphatic carbocycles. The molecule has 0 fully saturated rings. The van der Waals surface area contributed by atoms with Crippen molar-refractivity contribution >= 4 is 17.2 Å². The van der Waals surface area contributed by atoms with Crippen molar-refractivity contribution in [1.82, 2.24) is 4.57 Å². The van der Waals surface area contributed by atoms with Gasteiger partial charge in [0.15, 0.2) is 6.29 Å². The number of allylic oxidation sites excluding steroid dienone is 1. The van der Waals surface area contributed by atoms with Gasteiger partial charge in [-0.3, -0.25) is 4.79 Å². The molecular weight excluding hydrogens is 186 g/mol. The summed E-state index contributed by atoms with van der Waals surface area (Å²) < 4.78 is 2.10. The van der Waals surface area contributed by atoms with Crippen molar-refractivity contribution in [3.63, 3.8) is 0 Å². The molecule has 0 atom stereocenters. The highest BCUT2D eigenvalue weighted by Crippen LogP contribution is 2.20. The summed E-state index contributed by atoms with van der Waals surface area (Å²) >= 11 is 0. The zero-order valence-electron chi connectivity index (χ0n) is 8.52. The Labute approximate surface area is 88.8 Å². The summed E-state index contributed by atoms with van der Waals surface area (Å²) in [5.74, 6) is 0. The molecular formula is C13H13NO. The fourth-order valence-electron chi connectivity index (χ4n) is 1.78. The largest absolute Gasteiger partial charge is 0.346 e. The fourth-order valence-corrected chi connectivity index (χ4v) is 1.78. The normalized spacial score (nSPS) is 10.4. The molecule has 0 spiro atoms. The van der Waals surface area contributed by atoms with Gasteiger partial charge in [-0.25, -0.2) is 0 Å². The van der Waals surface area contributed by atoms with Crippen LogP contribution < -0.4 is 0 Å². The van der Waals surface area contributed by atoms with Crippen LogP contribution in [0, 0.1) is 0 Å². The number of rotatable bonds is 4. The Morgan fingerprint density at radius 3 is 2.87 bits per heavy atom. The van der Waals surface area contributed by atoms with Crippen LogP contribution in [0.25, 0.3) is 10.9 Å². The quantitative estimate of drug-likeness (QED) is 0.548. The maximum atomic E-state index is 10.9. The summed E-state index contributed by atoms with van der Waals surface area (Å²) in [4.78, 5) is 10.9. The highest BCUT2D eigenvalue weighted by molar-refractivity contribution is 5.97. The van der Waals surface area contributed by atoms with Gasteiger partial charge in [0.05, 0.1) is 0 Å². The second kappa shape index (κ2) is 4.13. The standard InChI is InChI=1S/C13H13NO/c1-2-3-8-14-9-11(10-15)12-6-4-5-7-13(12)14/h2,4-7,9-10H,1,3,8H2. The van der Waals surface area contributed by atoms with Crippen molar-refractivity contribution < 1.29 is 4.79 Å². The lowest BCUT2D eigenvalue weighted by Gasteiger charge is -2.01. The van der Waals surface area contributed by atoms with Crippen molar-refractivity contribution in [3.05, 3.63) is 48.7 Å². The summed E-state index contributed by atoms with van der Waals surface area (Å²) in [7, 11) is 0. The van der Waals surface area contributed by atoms with E-state index in [0.717, 1.165) is 35.7 Å². The molecule has 76 valence electrons. The number of aryl methyl sites for hydroxylation is 1. The zero-order chi connectivity index (χ0) is 10.7. The first kappa shape index (κ1) is 9.71. The second-order valence-electron chi connectivity index (χ2n) is 3.49. The van der Waals surface area contributed by atoms with Crippen molar-refractivity contribution in [2.45, 2.75) is 13.0 Å². The van der Waals surface area contributed by atoms with Gasteiger partial charge < -0.3 is 4.57 Å². The van der Waals surface area contributed by atoms with Gasteiger partial charge in [0.1, 0.15) is 0 Å². The first-order chi connectivity index (χ1) is 7.36. The number of aromatic nitrogens is 1. The van der Waals surface area contributed by atoms with Gasteiger partial charge in [0, 0.05) is 29.2 Å². The van der Waals surface area contributed by atoms with E-state index in [0.29, 0.717) is 0 Å². The van der Waals surface area contributed by atoms with E-state index in [4.69, 9.17) is 0 Å². The number of hydrogen-bond acceptors (Lipinski definition) is 1. The van der Waals surface area contributed by atoms with E-state index in [-0.39, 0.29) is 0 Å². The van der Waals surface area contributed by atoms with E-state index in [2.05, 4.69) is 11.1 Å². The maximum absolute atomic E-state index is 10.9. The van der Waals surface area contributed by atoms with Crippen LogP contribution in [-0.4, -0.2) is 10.9 Å². The van der Waals surface area contributed by atoms with E-state index < -0.39 is 0 Å². The van der Waals surface area contributed by atoms with Crippen LogP contribution in [-0.2, 0) is 6.54 Å². The van der Waals surface area contributed by atoms with E-state index in [1.54, 1.807) is 0 Å². The molecule has 2 rings (SSSR count). The van der Waals surface area contributed by atoms with Crippen molar-refractivity contribution in [3.8, 4) is 0 Å². The number of fused-ring (bicyclic) bond motifs is 1. The van der Waals surface area contributed by atoms with Crippen molar-refractivity contribution in [2.24, 2.45) is 0 Å². The molecule has 1 aromatic heterocycles. The lowest BCUT2D eigenvalue weighted by atomic mass is 10.2. The summed E-state index contributed by atoms with van der Waals surface area (Å²) in [6.07, 6.45) is 5.61. The highest BCUT2D eigenvalue weighted by atomic mass is 16.1. The fraction of sp³-hybridized carbons (Fsp3) is 0.154. The van der Waals surface area contributed by atoms with Crippen LogP contribution in [0.1, 0.15) is 16.8 Å². The first-order valence-electron chi connectivity index (χ1n) is 5.00. The third-order valence-electron chi connectivity index (χ3n) is 2.52. The van der Waals surface area contributed by atoms with Gasteiger partial charge in [-0.15, -0.1) is 6.58 Å². The van der Waals surface area contributed by atoms with E-state index in [1.807, 2.05) is 36.5 Å². The molecule has 0 aliphatic rings. The number of carbonyl (C=O) groups is 1. The molecule has 0 aliphatic heterocycles. The number of nitrogens with zero attached hydrogens (tertiary/aromatic N) is 1. The lowest BCUT2D eigenvalue weighted by Crippen LogP contribution is -1.93. The first-order valence-corrected chi connectivity index (χ1v) is 5.00. The molecule has 0 bridgehead atoms. The molecule has 2 heteroatoms. The number of para-hydroxylation sites is 1. The third-order valence-corrected chi connectivity index (χ3v) is 2.52. The Morgan fingerprint density at radius 2 is 2.13 bits per heavy atom. The molecule has 1 aromatic carbocycles. The van der Waals surface area contributed by atoms with E-state index >= 15 is 0 Å². The molecule has 0 saturated carbocycles. The SMILES string of the molecule is C=CCCn1cc(C=O)c2ccccc21. The Morgan fingerprint density at radius 1 is 1.33 bits per heavy atom. The molecule has 0 radical (unpaired) electrons. The van der Waals surface area contributed by atoms with E-state index in [1.165, 1.54) is 0 Å². The smallest absolute Gasteiger partial charge is 0.152 e. The van der Waals surface area contributed by atoms with Gasteiger partial charge >= 0.3 is 0 Å². The van der Waals surface area contributed by atoms with Crippen LogP contribution in [0.2, 0.25) is 0 Å². The zero-order valence-corrected chi connectivity index (χ0v) is 8.52. The molecule has 0 amide bonds. The number of hydrogen-bond donors (Lipinski definition) is 0. The van der Waals surface area contributed by atoms with Crippen LogP contribution in [0.15, 0.2) is 43.1 Å². The predicted molar refractivity (Wildman–Crippen MR) is 62.1 cm³/mol. The molecule has 2 aromatic rings. The minimum Gasteiger partial charge on any atom is -0.346 e. The molecule has 0 unspecified atom stereocenters. The lowest BCUT2D eigenvalue weighted by molar-refractivity contribution is 0.112. The predicted octanol–water partition coefficient (Wildman–Crippen LogP) is 3.03. The van der Waals surface area contributed by atoms with Gasteiger partial charge in [0.2, 0.25) is 0 Å². The Balaban J connectivity index is 2.54. The number of aldehydes is 1. The monoisotopic (exact) mass is 199 g/mol. The molecule has 0 saturated heterocycles. The maximum Gasteiger partial charge on any atom is 0.152 e. The van der Waals surface area contributed by atoms with Gasteiger partial charge in [-0.05, 0) is 12.5 Å². The van der Waals surface area contributed by atoms with Gasteiger partial charge in [0.25, 0.3) is 0 Å². The van der Waals surface area contributed by atoms with Gasteiger partial charge in [-0.1, -0.05) is 24.3 Å². The summed E-state index contributed by atoms with van der Waals surface area (Å²) in [5.41, 5.74) is 1.87. The molecule has 2 nitrogen and oxygen atoms in total. The van der Waals surface area contributed by atoms with Crippen molar-refractivity contribution in [2.75, 3.05) is 0 Å². The minimum atomic E-state index is 0.759. The highest BCUT2D eigenvalue weighted by Gasteiger charge is 2.05. The third kappa shape index (κ3) is 1.71. The molecule has 15 heavy (non-hydrogen) atoms. The number of benzene rings is 1. The topological polar surface area (TPSA) is 22.0 Å². The Hall–Kier alpha value is -1.83. The van der Waals surface area contributed by atoms with Gasteiger partial charge in [-0.2, -0.15) is 0 Å². The second-order valence-corrected chi connectivity index (χ2v) is 3.49. The summed E-state index contributed by atoms with van der Waals surface area (Å²) in [5, 5.41) is 1.02. The number of carbonyl (C=O) groups excluding carboxylic acids is 1. The van der Waals surface area contributed by atoms with E-state index in [9.17, 15) is 4.79 Å².